The fraction of sp³-hybridized carbons (Fsp3) is 0.474. The van der Waals surface area contributed by atoms with Gasteiger partial charge in [0.25, 0.3) is 0 Å². The van der Waals surface area contributed by atoms with Crippen LogP contribution in [0, 0.1) is 12.7 Å². The van der Waals surface area contributed by atoms with Crippen molar-refractivity contribution >= 4 is 6.21 Å². The van der Waals surface area contributed by atoms with E-state index < -0.39 is 30.1 Å². The van der Waals surface area contributed by atoms with E-state index in [4.69, 9.17) is 9.26 Å². The lowest BCUT2D eigenvalue weighted by molar-refractivity contribution is -0.185. The Kier molecular flexibility index (Phi) is 5.95. The van der Waals surface area contributed by atoms with Crippen LogP contribution in [0.5, 0.6) is 0 Å². The molecule has 0 radical (unpaired) electrons. The quantitative estimate of drug-likeness (QED) is 0.730. The molecule has 2 unspecified atom stereocenters. The van der Waals surface area contributed by atoms with Gasteiger partial charge in [-0.05, 0) is 25.5 Å². The Bertz CT molecular complexity index is 875. The molecule has 6 nitrogen and oxygen atoms in total. The van der Waals surface area contributed by atoms with Crippen LogP contribution in [0.15, 0.2) is 27.8 Å². The Morgan fingerprint density at radius 2 is 2.07 bits per heavy atom. The van der Waals surface area contributed by atoms with Crippen LogP contribution in [0.25, 0.3) is 11.3 Å². The number of benzene rings is 1. The Labute approximate surface area is 164 Å². The largest absolute Gasteiger partial charge is 0.411 e. The summed E-state index contributed by atoms with van der Waals surface area (Å²) in [7, 11) is 1.37. The van der Waals surface area contributed by atoms with E-state index in [-0.39, 0.29) is 35.7 Å². The molecule has 2 heterocycles. The van der Waals surface area contributed by atoms with E-state index in [1.165, 1.54) is 26.2 Å². The lowest BCUT2D eigenvalue weighted by atomic mass is 9.92. The molecule has 1 aromatic carbocycles. The van der Waals surface area contributed by atoms with E-state index in [2.05, 4.69) is 10.3 Å². The van der Waals surface area contributed by atoms with Crippen molar-refractivity contribution in [1.82, 2.24) is 10.2 Å². The van der Waals surface area contributed by atoms with Crippen LogP contribution in [-0.4, -0.2) is 53.5 Å². The normalized spacial score (nSPS) is 20.5. The molecular weight excluding hydrogens is 394 g/mol. The van der Waals surface area contributed by atoms with Gasteiger partial charge in [-0.3, -0.25) is 5.01 Å². The van der Waals surface area contributed by atoms with Gasteiger partial charge in [-0.2, -0.15) is 18.3 Å². The molecule has 0 bridgehead atoms. The fourth-order valence-corrected chi connectivity index (χ4v) is 3.51. The summed E-state index contributed by atoms with van der Waals surface area (Å²) in [6, 6.07) is 2.40. The molecule has 0 saturated heterocycles. The van der Waals surface area contributed by atoms with Crippen molar-refractivity contribution in [2.24, 2.45) is 5.10 Å². The Morgan fingerprint density at radius 1 is 1.34 bits per heavy atom. The van der Waals surface area contributed by atoms with E-state index in [9.17, 15) is 22.7 Å². The van der Waals surface area contributed by atoms with Crippen LogP contribution < -0.4 is 0 Å². The highest BCUT2D eigenvalue weighted by atomic mass is 19.4. The van der Waals surface area contributed by atoms with Crippen LogP contribution in [0.3, 0.4) is 0 Å². The van der Waals surface area contributed by atoms with Crippen molar-refractivity contribution in [3.8, 4) is 11.3 Å². The third kappa shape index (κ3) is 4.13. The standard InChI is InChI=1S/C19H21F4N3O3/c1-10-5-4-6-14(20)15(10)16-13(9-28-3)17(29-25-16)12-7-24-26(8-11(2)27)18(12)19(21,22)23/h4-7,11-12,18,27H,8-9H2,1-3H3/t11-,12?,18?/m1/s1. The predicted molar refractivity (Wildman–Crippen MR) is 96.8 cm³/mol. The van der Waals surface area contributed by atoms with Gasteiger partial charge >= 0.3 is 6.18 Å². The van der Waals surface area contributed by atoms with Crippen LogP contribution in [0.2, 0.25) is 0 Å². The van der Waals surface area contributed by atoms with Crippen molar-refractivity contribution in [3.05, 3.63) is 40.9 Å². The topological polar surface area (TPSA) is 71.1 Å². The lowest BCUT2D eigenvalue weighted by Crippen LogP contribution is -2.46. The summed E-state index contributed by atoms with van der Waals surface area (Å²) in [5.41, 5.74) is 1.03. The molecule has 1 aliphatic heterocycles. The Hall–Kier alpha value is -2.46. The highest BCUT2D eigenvalue weighted by Crippen LogP contribution is 2.42. The number of aromatic nitrogens is 1. The molecule has 2 aromatic rings. The molecule has 0 aliphatic carbocycles. The smallest absolute Gasteiger partial charge is 0.392 e. The van der Waals surface area contributed by atoms with Crippen molar-refractivity contribution in [1.29, 1.82) is 0 Å². The van der Waals surface area contributed by atoms with E-state index in [0.717, 1.165) is 11.2 Å². The number of ether oxygens (including phenoxy) is 1. The molecule has 0 spiro atoms. The molecular formula is C19H21F4N3O3. The number of nitrogens with zero attached hydrogens (tertiary/aromatic N) is 3. The fourth-order valence-electron chi connectivity index (χ4n) is 3.51. The van der Waals surface area contributed by atoms with Gasteiger partial charge in [0.05, 0.1) is 25.2 Å². The first-order chi connectivity index (χ1) is 13.6. The maximum atomic E-state index is 14.4. The first-order valence-corrected chi connectivity index (χ1v) is 8.93. The number of β-amino-alcohol motifs (C(OH)–C–C–N with tert-alkyl or cyclic N) is 1. The van der Waals surface area contributed by atoms with Crippen molar-refractivity contribution in [2.45, 2.75) is 44.7 Å². The zero-order valence-electron chi connectivity index (χ0n) is 16.1. The Balaban J connectivity index is 2.09. The van der Waals surface area contributed by atoms with Crippen molar-refractivity contribution in [3.63, 3.8) is 0 Å². The zero-order chi connectivity index (χ0) is 21.3. The average molecular weight is 415 g/mol. The summed E-state index contributed by atoms with van der Waals surface area (Å²) < 4.78 is 66.3. The molecule has 1 aromatic heterocycles. The number of hydrazone groups is 1. The van der Waals surface area contributed by atoms with E-state index in [1.54, 1.807) is 13.0 Å². The highest BCUT2D eigenvalue weighted by molar-refractivity contribution is 5.74. The van der Waals surface area contributed by atoms with Gasteiger partial charge in [0.15, 0.2) is 11.8 Å². The summed E-state index contributed by atoms with van der Waals surface area (Å²) in [6.45, 7) is 2.63. The number of halogens is 4. The Morgan fingerprint density at radius 3 is 2.66 bits per heavy atom. The number of methoxy groups -OCH3 is 1. The third-order valence-corrected chi connectivity index (χ3v) is 4.69. The zero-order valence-corrected chi connectivity index (χ0v) is 16.1. The molecule has 1 N–H and O–H groups in total. The van der Waals surface area contributed by atoms with Gasteiger partial charge in [0.1, 0.15) is 11.5 Å². The van der Waals surface area contributed by atoms with Gasteiger partial charge in [-0.25, -0.2) is 4.39 Å². The molecule has 0 saturated carbocycles. The van der Waals surface area contributed by atoms with Crippen LogP contribution in [0.1, 0.15) is 29.7 Å². The molecule has 158 valence electrons. The molecule has 10 heteroatoms. The molecule has 0 fully saturated rings. The van der Waals surface area contributed by atoms with Crippen molar-refractivity contribution in [2.75, 3.05) is 13.7 Å². The minimum absolute atomic E-state index is 0.0938. The van der Waals surface area contributed by atoms with E-state index in [1.807, 2.05) is 0 Å². The number of alkyl halides is 3. The number of hydrogen-bond donors (Lipinski definition) is 1. The second-order valence-electron chi connectivity index (χ2n) is 6.99. The molecule has 0 amide bonds. The van der Waals surface area contributed by atoms with Crippen molar-refractivity contribution < 1.29 is 31.9 Å². The first kappa shape index (κ1) is 21.3. The average Bonchev–Trinajstić information content (AvgIpc) is 3.19. The minimum Gasteiger partial charge on any atom is -0.392 e. The number of aliphatic hydroxyl groups is 1. The van der Waals surface area contributed by atoms with E-state index >= 15 is 0 Å². The van der Waals surface area contributed by atoms with Gasteiger partial charge in [-0.15, -0.1) is 0 Å². The lowest BCUT2D eigenvalue weighted by Gasteiger charge is -2.29. The monoisotopic (exact) mass is 415 g/mol. The maximum absolute atomic E-state index is 14.4. The van der Waals surface area contributed by atoms with Crippen LogP contribution in [0.4, 0.5) is 17.6 Å². The third-order valence-electron chi connectivity index (χ3n) is 4.69. The summed E-state index contributed by atoms with van der Waals surface area (Å²) in [4.78, 5) is 0. The molecule has 1 aliphatic rings. The predicted octanol–water partition coefficient (Wildman–Crippen LogP) is 3.63. The number of aryl methyl sites for hydroxylation is 1. The van der Waals surface area contributed by atoms with Gasteiger partial charge in [0.2, 0.25) is 0 Å². The molecule has 3 rings (SSSR count). The molecule has 3 atom stereocenters. The van der Waals surface area contributed by atoms with Gasteiger partial charge in [0, 0.05) is 24.5 Å². The summed E-state index contributed by atoms with van der Waals surface area (Å²) in [6.07, 6.45) is -4.56. The summed E-state index contributed by atoms with van der Waals surface area (Å²) in [5, 5.41) is 18.0. The number of rotatable bonds is 6. The summed E-state index contributed by atoms with van der Waals surface area (Å²) >= 11 is 0. The first-order valence-electron chi connectivity index (χ1n) is 8.93. The van der Waals surface area contributed by atoms with Crippen LogP contribution in [-0.2, 0) is 11.3 Å². The SMILES string of the molecule is COCc1c(-c2c(C)cccc2F)noc1C1C=NN(C[C@@H](C)O)C1C(F)(F)F. The minimum atomic E-state index is -4.65. The molecule has 29 heavy (non-hydrogen) atoms. The van der Waals surface area contributed by atoms with Gasteiger partial charge < -0.3 is 14.4 Å². The van der Waals surface area contributed by atoms with E-state index in [0.29, 0.717) is 5.56 Å². The number of hydrogen-bond acceptors (Lipinski definition) is 6. The number of aliphatic hydroxyl groups excluding tert-OH is 1. The maximum Gasteiger partial charge on any atom is 0.411 e. The second-order valence-corrected chi connectivity index (χ2v) is 6.99. The second kappa shape index (κ2) is 8.11. The summed E-state index contributed by atoms with van der Waals surface area (Å²) in [5.74, 6) is -1.97. The van der Waals surface area contributed by atoms with Crippen LogP contribution >= 0.6 is 0 Å². The van der Waals surface area contributed by atoms with Gasteiger partial charge in [-0.1, -0.05) is 17.3 Å². The highest BCUT2D eigenvalue weighted by Gasteiger charge is 2.53.